The van der Waals surface area contributed by atoms with E-state index in [1.807, 2.05) is 36.4 Å². The van der Waals surface area contributed by atoms with Crippen LogP contribution in [0.4, 0.5) is 4.79 Å². The fourth-order valence-corrected chi connectivity index (χ4v) is 2.82. The lowest BCUT2D eigenvalue weighted by Crippen LogP contribution is -2.21. The van der Waals surface area contributed by atoms with E-state index in [2.05, 4.69) is 0 Å². The number of hydrogen-bond acceptors (Lipinski definition) is 3. The molecule has 1 heterocycles. The lowest BCUT2D eigenvalue weighted by Gasteiger charge is -2.19. The van der Waals surface area contributed by atoms with Gasteiger partial charge in [0, 0.05) is 5.57 Å². The van der Waals surface area contributed by atoms with E-state index >= 15 is 0 Å². The van der Waals surface area contributed by atoms with E-state index in [-0.39, 0.29) is 0 Å². The van der Waals surface area contributed by atoms with Gasteiger partial charge < -0.3 is 9.47 Å². The van der Waals surface area contributed by atoms with Gasteiger partial charge in [-0.15, -0.1) is 0 Å². The maximum absolute atomic E-state index is 11.6. The number of carbonyl (C=O) groups excluding carboxylic acids is 1. The van der Waals surface area contributed by atoms with Gasteiger partial charge >= 0.3 is 6.16 Å². The zero-order valence-electron chi connectivity index (χ0n) is 12.6. The fourth-order valence-electron chi connectivity index (χ4n) is 2.52. The van der Waals surface area contributed by atoms with Crippen LogP contribution in [0.2, 0.25) is 10.0 Å². The number of rotatable bonds is 2. The van der Waals surface area contributed by atoms with Crippen molar-refractivity contribution in [1.82, 2.24) is 0 Å². The lowest BCUT2D eigenvalue weighted by atomic mass is 9.91. The molecule has 0 N–H and O–H groups in total. The van der Waals surface area contributed by atoms with Crippen molar-refractivity contribution in [3.05, 3.63) is 75.5 Å². The Bertz CT molecular complexity index is 795. The third kappa shape index (κ3) is 3.07. The van der Waals surface area contributed by atoms with Crippen LogP contribution in [-0.4, -0.2) is 11.8 Å². The summed E-state index contributed by atoms with van der Waals surface area (Å²) < 4.78 is 10.6. The Labute approximate surface area is 144 Å². The Kier molecular flexibility index (Phi) is 4.09. The maximum atomic E-state index is 11.6. The molecule has 3 nitrogen and oxygen atoms in total. The SMILES string of the molecule is CC1(C)OC(=O)O/C1=C(/c1ccccc1)c1ccc(Cl)c(Cl)c1. The van der Waals surface area contributed by atoms with Crippen LogP contribution < -0.4 is 0 Å². The first-order valence-electron chi connectivity index (χ1n) is 7.05. The second kappa shape index (κ2) is 5.91. The van der Waals surface area contributed by atoms with Gasteiger partial charge in [-0.1, -0.05) is 59.6 Å². The lowest BCUT2D eigenvalue weighted by molar-refractivity contribution is 0.0873. The summed E-state index contributed by atoms with van der Waals surface area (Å²) in [6, 6.07) is 14.9. The normalized spacial score (nSPS) is 18.3. The zero-order valence-corrected chi connectivity index (χ0v) is 14.1. The van der Waals surface area contributed by atoms with Gasteiger partial charge in [0.25, 0.3) is 0 Å². The van der Waals surface area contributed by atoms with Crippen LogP contribution in [0.15, 0.2) is 54.3 Å². The Morgan fingerprint density at radius 3 is 2.22 bits per heavy atom. The number of ether oxygens (including phenoxy) is 2. The van der Waals surface area contributed by atoms with Crippen LogP contribution in [-0.2, 0) is 9.47 Å². The molecular formula is C18H14Cl2O3. The van der Waals surface area contributed by atoms with Crippen LogP contribution in [0.1, 0.15) is 25.0 Å². The second-order valence-corrected chi connectivity index (χ2v) is 6.48. The molecule has 0 atom stereocenters. The predicted molar refractivity (Wildman–Crippen MR) is 90.6 cm³/mol. The molecular weight excluding hydrogens is 335 g/mol. The van der Waals surface area contributed by atoms with Crippen LogP contribution in [0.5, 0.6) is 0 Å². The molecule has 0 spiro atoms. The summed E-state index contributed by atoms with van der Waals surface area (Å²) in [7, 11) is 0. The van der Waals surface area contributed by atoms with Crippen LogP contribution in [0.3, 0.4) is 0 Å². The molecule has 2 aromatic rings. The van der Waals surface area contributed by atoms with Crippen molar-refractivity contribution in [2.45, 2.75) is 19.4 Å². The number of cyclic esters (lactones) is 2. The van der Waals surface area contributed by atoms with E-state index in [0.717, 1.165) is 16.7 Å². The molecule has 1 aliphatic heterocycles. The molecule has 0 unspecified atom stereocenters. The molecule has 2 aromatic carbocycles. The summed E-state index contributed by atoms with van der Waals surface area (Å²) in [6.45, 7) is 3.57. The van der Waals surface area contributed by atoms with Gasteiger partial charge in [-0.05, 0) is 37.1 Å². The van der Waals surface area contributed by atoms with E-state index in [1.165, 1.54) is 0 Å². The number of halogens is 2. The Morgan fingerprint density at radius 1 is 0.957 bits per heavy atom. The molecule has 0 radical (unpaired) electrons. The van der Waals surface area contributed by atoms with E-state index in [0.29, 0.717) is 15.8 Å². The highest BCUT2D eigenvalue weighted by atomic mass is 35.5. The molecule has 0 saturated carbocycles. The average molecular weight is 349 g/mol. The number of carbonyl (C=O) groups is 1. The quantitative estimate of drug-likeness (QED) is 0.653. The van der Waals surface area contributed by atoms with Crippen molar-refractivity contribution in [2.75, 3.05) is 0 Å². The van der Waals surface area contributed by atoms with Crippen molar-refractivity contribution in [2.24, 2.45) is 0 Å². The third-order valence-electron chi connectivity index (χ3n) is 3.57. The molecule has 1 saturated heterocycles. The minimum atomic E-state index is -0.867. The second-order valence-electron chi connectivity index (χ2n) is 5.66. The van der Waals surface area contributed by atoms with Crippen molar-refractivity contribution in [3.63, 3.8) is 0 Å². The largest absolute Gasteiger partial charge is 0.514 e. The van der Waals surface area contributed by atoms with Gasteiger partial charge in [-0.3, -0.25) is 0 Å². The van der Waals surface area contributed by atoms with Gasteiger partial charge in [0.1, 0.15) is 0 Å². The average Bonchev–Trinajstić information content (AvgIpc) is 2.77. The number of hydrogen-bond donors (Lipinski definition) is 0. The summed E-state index contributed by atoms with van der Waals surface area (Å²) >= 11 is 12.2. The Hall–Kier alpha value is -1.97. The summed E-state index contributed by atoms with van der Waals surface area (Å²) in [4.78, 5) is 11.6. The van der Waals surface area contributed by atoms with Gasteiger partial charge in [-0.25, -0.2) is 4.79 Å². The molecule has 23 heavy (non-hydrogen) atoms. The monoisotopic (exact) mass is 348 g/mol. The summed E-state index contributed by atoms with van der Waals surface area (Å²) in [6.07, 6.45) is -0.710. The molecule has 0 bridgehead atoms. The molecule has 1 aliphatic rings. The minimum Gasteiger partial charge on any atom is -0.420 e. The van der Waals surface area contributed by atoms with Crippen molar-refractivity contribution >= 4 is 34.9 Å². The van der Waals surface area contributed by atoms with Crippen LogP contribution in [0, 0.1) is 0 Å². The summed E-state index contributed by atoms with van der Waals surface area (Å²) in [5.41, 5.74) is 1.58. The first-order valence-corrected chi connectivity index (χ1v) is 7.80. The van der Waals surface area contributed by atoms with Gasteiger partial charge in [0.05, 0.1) is 10.0 Å². The van der Waals surface area contributed by atoms with Gasteiger partial charge in [-0.2, -0.15) is 0 Å². The van der Waals surface area contributed by atoms with Crippen LogP contribution >= 0.6 is 23.2 Å². The van der Waals surface area contributed by atoms with Crippen molar-refractivity contribution in [3.8, 4) is 0 Å². The third-order valence-corrected chi connectivity index (χ3v) is 4.31. The predicted octanol–water partition coefficient (Wildman–Crippen LogP) is 5.70. The van der Waals surface area contributed by atoms with Gasteiger partial charge in [0.15, 0.2) is 11.4 Å². The van der Waals surface area contributed by atoms with Crippen molar-refractivity contribution in [1.29, 1.82) is 0 Å². The van der Waals surface area contributed by atoms with E-state index in [9.17, 15) is 4.79 Å². The molecule has 0 aromatic heterocycles. The standard InChI is InChI=1S/C18H14Cl2O3/c1-18(2)16(22-17(21)23-18)15(11-6-4-3-5-7-11)12-8-9-13(19)14(20)10-12/h3-10H,1-2H3/b16-15-. The highest BCUT2D eigenvalue weighted by molar-refractivity contribution is 6.42. The first kappa shape index (κ1) is 15.9. The van der Waals surface area contributed by atoms with Crippen LogP contribution in [0.25, 0.3) is 5.57 Å². The molecule has 0 aliphatic carbocycles. The smallest absolute Gasteiger partial charge is 0.420 e. The highest BCUT2D eigenvalue weighted by Gasteiger charge is 2.42. The van der Waals surface area contributed by atoms with Crippen molar-refractivity contribution < 1.29 is 14.3 Å². The van der Waals surface area contributed by atoms with E-state index in [1.54, 1.807) is 26.0 Å². The molecule has 3 rings (SSSR count). The van der Waals surface area contributed by atoms with E-state index < -0.39 is 11.8 Å². The minimum absolute atomic E-state index is 0.432. The topological polar surface area (TPSA) is 35.5 Å². The summed E-state index contributed by atoms with van der Waals surface area (Å²) in [5.74, 6) is 0.451. The summed E-state index contributed by atoms with van der Waals surface area (Å²) in [5, 5.41) is 0.896. The zero-order chi connectivity index (χ0) is 16.6. The number of benzene rings is 2. The fraction of sp³-hybridized carbons (Fsp3) is 0.167. The molecule has 5 heteroatoms. The molecule has 118 valence electrons. The van der Waals surface area contributed by atoms with E-state index in [4.69, 9.17) is 32.7 Å². The highest BCUT2D eigenvalue weighted by Crippen LogP contribution is 2.40. The maximum Gasteiger partial charge on any atom is 0.514 e. The Balaban J connectivity index is 2.27. The van der Waals surface area contributed by atoms with Gasteiger partial charge in [0.2, 0.25) is 0 Å². The molecule has 0 amide bonds. The Morgan fingerprint density at radius 2 is 1.65 bits per heavy atom. The first-order chi connectivity index (χ1) is 10.9. The molecule has 1 fully saturated rings.